The van der Waals surface area contributed by atoms with Crippen molar-refractivity contribution in [1.29, 1.82) is 0 Å². The molecule has 0 radical (unpaired) electrons. The van der Waals surface area contributed by atoms with Crippen molar-refractivity contribution < 1.29 is 9.21 Å². The molecule has 1 aliphatic carbocycles. The number of hydrogen-bond acceptors (Lipinski definition) is 8. The Morgan fingerprint density at radius 1 is 1.14 bits per heavy atom. The first-order chi connectivity index (χ1) is 14.0. The van der Waals surface area contributed by atoms with Crippen LogP contribution in [0.1, 0.15) is 32.6 Å². The van der Waals surface area contributed by atoms with Crippen molar-refractivity contribution in [2.45, 2.75) is 38.6 Å². The van der Waals surface area contributed by atoms with E-state index >= 15 is 0 Å². The number of hydrogen-bond donors (Lipinski definition) is 2. The molecule has 1 saturated carbocycles. The molecule has 9 heteroatoms. The van der Waals surface area contributed by atoms with E-state index in [1.54, 1.807) is 6.92 Å². The smallest absolute Gasteiger partial charge is 0.316 e. The normalized spacial score (nSPS) is 18.7. The molecule has 2 aliphatic rings. The van der Waals surface area contributed by atoms with Gasteiger partial charge in [0.15, 0.2) is 11.5 Å². The Kier molecular flexibility index (Phi) is 4.11. The Bertz CT molecular complexity index is 1070. The van der Waals surface area contributed by atoms with Crippen LogP contribution >= 0.6 is 0 Å². The Hall–Kier alpha value is -3.23. The van der Waals surface area contributed by atoms with Crippen LogP contribution < -0.4 is 11.1 Å². The topological polar surface area (TPSA) is 123 Å². The number of carbonyl (C=O) groups is 1. The maximum absolute atomic E-state index is 12.7. The summed E-state index contributed by atoms with van der Waals surface area (Å²) in [7, 11) is 0. The third-order valence-corrected chi connectivity index (χ3v) is 6.03. The van der Waals surface area contributed by atoms with Crippen molar-refractivity contribution in [1.82, 2.24) is 25.1 Å². The highest BCUT2D eigenvalue weighted by molar-refractivity contribution is 5.84. The molecule has 150 valence electrons. The number of fused-ring (bicyclic) bond motifs is 1. The molecule has 29 heavy (non-hydrogen) atoms. The fourth-order valence-electron chi connectivity index (χ4n) is 3.95. The van der Waals surface area contributed by atoms with Crippen molar-refractivity contribution in [3.8, 4) is 11.6 Å². The van der Waals surface area contributed by atoms with E-state index in [2.05, 4.69) is 25.5 Å². The van der Waals surface area contributed by atoms with Gasteiger partial charge in [0.05, 0.1) is 11.0 Å². The maximum Gasteiger partial charge on any atom is 0.316 e. The van der Waals surface area contributed by atoms with Gasteiger partial charge in [-0.05, 0) is 50.2 Å². The zero-order chi connectivity index (χ0) is 20.0. The van der Waals surface area contributed by atoms with Gasteiger partial charge in [0.25, 0.3) is 5.89 Å². The van der Waals surface area contributed by atoms with E-state index < -0.39 is 6.04 Å². The Morgan fingerprint density at radius 2 is 1.83 bits per heavy atom. The van der Waals surface area contributed by atoms with E-state index in [4.69, 9.17) is 10.2 Å². The minimum absolute atomic E-state index is 0.0465. The number of carbonyl (C=O) groups excluding carboxylic acids is 1. The number of aromatic nitrogens is 4. The average Bonchev–Trinajstić information content (AvgIpc) is 3.32. The Labute approximate surface area is 167 Å². The molecular weight excluding hydrogens is 370 g/mol. The van der Waals surface area contributed by atoms with E-state index in [9.17, 15) is 4.79 Å². The Balaban J connectivity index is 1.29. The van der Waals surface area contributed by atoms with E-state index in [0.29, 0.717) is 22.1 Å². The van der Waals surface area contributed by atoms with Gasteiger partial charge in [-0.3, -0.25) is 4.79 Å². The molecule has 1 saturated heterocycles. The zero-order valence-electron chi connectivity index (χ0n) is 16.3. The summed E-state index contributed by atoms with van der Waals surface area (Å²) in [6, 6.07) is 7.11. The summed E-state index contributed by atoms with van der Waals surface area (Å²) in [6.45, 7) is 3.45. The number of rotatable bonds is 4. The van der Waals surface area contributed by atoms with Crippen LogP contribution in [0.3, 0.4) is 0 Å². The molecule has 3 heterocycles. The number of nitrogens with one attached hydrogen (secondary N) is 1. The van der Waals surface area contributed by atoms with Crippen molar-refractivity contribution in [3.63, 3.8) is 0 Å². The van der Waals surface area contributed by atoms with Gasteiger partial charge in [-0.25, -0.2) is 9.97 Å². The summed E-state index contributed by atoms with van der Waals surface area (Å²) >= 11 is 0. The van der Waals surface area contributed by atoms with Crippen molar-refractivity contribution >= 4 is 28.8 Å². The van der Waals surface area contributed by atoms with Crippen molar-refractivity contribution in [3.05, 3.63) is 24.3 Å². The van der Waals surface area contributed by atoms with Crippen molar-refractivity contribution in [2.24, 2.45) is 5.41 Å². The summed E-state index contributed by atoms with van der Waals surface area (Å²) in [5.41, 5.74) is 8.27. The number of likely N-dealkylation sites (tertiary alicyclic amines) is 1. The highest BCUT2D eigenvalue weighted by Gasteiger charge is 2.45. The molecule has 5 rings (SSSR count). The number of nitrogen functional groups attached to an aromatic ring is 1. The van der Waals surface area contributed by atoms with Crippen molar-refractivity contribution in [2.75, 3.05) is 24.1 Å². The average molecular weight is 393 g/mol. The second kappa shape index (κ2) is 6.68. The first-order valence-electron chi connectivity index (χ1n) is 9.95. The predicted octanol–water partition coefficient (Wildman–Crippen LogP) is 2.46. The zero-order valence-corrected chi connectivity index (χ0v) is 16.3. The first-order valence-corrected chi connectivity index (χ1v) is 9.95. The SMILES string of the molecule is C[C@H](Nc1nnc(-c2nc3ccccc3nc2N)o1)C(=O)N1CCC2(CC1)CC2. The number of piperidine rings is 1. The number of nitrogens with two attached hydrogens (primary N) is 1. The molecule has 0 bridgehead atoms. The fraction of sp³-hybridized carbons (Fsp3) is 0.450. The lowest BCUT2D eigenvalue weighted by molar-refractivity contribution is -0.133. The lowest BCUT2D eigenvalue weighted by Gasteiger charge is -2.33. The number of nitrogens with zero attached hydrogens (tertiary/aromatic N) is 5. The molecule has 1 spiro atoms. The van der Waals surface area contributed by atoms with Crippen LogP contribution in [0.4, 0.5) is 11.8 Å². The van der Waals surface area contributed by atoms with Gasteiger partial charge in [-0.2, -0.15) is 0 Å². The van der Waals surface area contributed by atoms with Crippen LogP contribution in [0.5, 0.6) is 0 Å². The second-order valence-corrected chi connectivity index (χ2v) is 8.05. The molecule has 9 nitrogen and oxygen atoms in total. The number of para-hydroxylation sites is 2. The van der Waals surface area contributed by atoms with Gasteiger partial charge in [0, 0.05) is 13.1 Å². The van der Waals surface area contributed by atoms with E-state index in [1.807, 2.05) is 29.2 Å². The summed E-state index contributed by atoms with van der Waals surface area (Å²) in [4.78, 5) is 23.5. The van der Waals surface area contributed by atoms with Gasteiger partial charge in [-0.1, -0.05) is 17.2 Å². The summed E-state index contributed by atoms with van der Waals surface area (Å²) in [6.07, 6.45) is 4.84. The van der Waals surface area contributed by atoms with Crippen LogP contribution in [0.25, 0.3) is 22.6 Å². The molecule has 1 atom stereocenters. The molecular formula is C20H23N7O2. The highest BCUT2D eigenvalue weighted by atomic mass is 16.4. The molecule has 3 N–H and O–H groups in total. The van der Waals surface area contributed by atoms with Gasteiger partial charge in [0.1, 0.15) is 6.04 Å². The second-order valence-electron chi connectivity index (χ2n) is 8.05. The fourth-order valence-corrected chi connectivity index (χ4v) is 3.95. The molecule has 1 aliphatic heterocycles. The summed E-state index contributed by atoms with van der Waals surface area (Å²) in [5.74, 6) is 0.423. The molecule has 0 unspecified atom stereocenters. The quantitative estimate of drug-likeness (QED) is 0.693. The third-order valence-electron chi connectivity index (χ3n) is 6.03. The minimum atomic E-state index is -0.461. The molecule has 3 aromatic rings. The van der Waals surface area contributed by atoms with Crippen LogP contribution in [0, 0.1) is 5.41 Å². The van der Waals surface area contributed by atoms with Crippen LogP contribution in [-0.2, 0) is 4.79 Å². The van der Waals surface area contributed by atoms with Gasteiger partial charge >= 0.3 is 6.01 Å². The monoisotopic (exact) mass is 393 g/mol. The maximum atomic E-state index is 12.7. The lowest BCUT2D eigenvalue weighted by Crippen LogP contribution is -2.45. The largest absolute Gasteiger partial charge is 0.402 e. The van der Waals surface area contributed by atoms with Crippen LogP contribution in [0.15, 0.2) is 28.7 Å². The lowest BCUT2D eigenvalue weighted by atomic mass is 9.93. The van der Waals surface area contributed by atoms with Gasteiger partial charge in [-0.15, -0.1) is 5.10 Å². The van der Waals surface area contributed by atoms with E-state index in [1.165, 1.54) is 12.8 Å². The summed E-state index contributed by atoms with van der Waals surface area (Å²) in [5, 5.41) is 11.0. The Morgan fingerprint density at radius 3 is 2.52 bits per heavy atom. The molecule has 2 fully saturated rings. The van der Waals surface area contributed by atoms with E-state index in [-0.39, 0.29) is 23.6 Å². The minimum Gasteiger partial charge on any atom is -0.402 e. The third kappa shape index (κ3) is 3.37. The van der Waals surface area contributed by atoms with Crippen LogP contribution in [0.2, 0.25) is 0 Å². The predicted molar refractivity (Wildman–Crippen MR) is 108 cm³/mol. The number of amides is 1. The molecule has 1 aromatic carbocycles. The molecule has 2 aromatic heterocycles. The first kappa shape index (κ1) is 17.8. The van der Waals surface area contributed by atoms with Gasteiger partial charge < -0.3 is 20.4 Å². The summed E-state index contributed by atoms with van der Waals surface area (Å²) < 4.78 is 5.66. The number of anilines is 2. The van der Waals surface area contributed by atoms with E-state index in [0.717, 1.165) is 25.9 Å². The standard InChI is InChI=1S/C20H23N7O2/c1-12(18(28)27-10-8-20(6-7-20)9-11-27)22-19-26-25-17(29-19)15-16(21)24-14-5-3-2-4-13(14)23-15/h2-5,12H,6-11H2,1H3,(H2,21,24)(H,22,26)/t12-/m0/s1. The van der Waals surface area contributed by atoms with Crippen LogP contribution in [-0.4, -0.2) is 50.1 Å². The molecule has 1 amide bonds. The van der Waals surface area contributed by atoms with Gasteiger partial charge in [0.2, 0.25) is 5.91 Å². The number of benzene rings is 1. The highest BCUT2D eigenvalue weighted by Crippen LogP contribution is 2.53.